The van der Waals surface area contributed by atoms with E-state index < -0.39 is 5.82 Å². The summed E-state index contributed by atoms with van der Waals surface area (Å²) in [7, 11) is 0. The van der Waals surface area contributed by atoms with Gasteiger partial charge in [0, 0.05) is 11.9 Å². The summed E-state index contributed by atoms with van der Waals surface area (Å²) >= 11 is 0. The fourth-order valence-electron chi connectivity index (χ4n) is 2.59. The van der Waals surface area contributed by atoms with Gasteiger partial charge in [-0.3, -0.25) is 9.78 Å². The molecule has 0 aliphatic carbocycles. The summed E-state index contributed by atoms with van der Waals surface area (Å²) in [5.74, 6) is -0.434. The van der Waals surface area contributed by atoms with E-state index in [1.54, 1.807) is 19.1 Å². The summed E-state index contributed by atoms with van der Waals surface area (Å²) in [5, 5.41) is 15.4. The molecule has 0 bridgehead atoms. The van der Waals surface area contributed by atoms with E-state index in [1.807, 2.05) is 19.9 Å². The molecule has 0 saturated carbocycles. The fourth-order valence-corrected chi connectivity index (χ4v) is 2.59. The van der Waals surface area contributed by atoms with Crippen LogP contribution in [0.15, 0.2) is 30.6 Å². The van der Waals surface area contributed by atoms with Gasteiger partial charge in [0.15, 0.2) is 0 Å². The summed E-state index contributed by atoms with van der Waals surface area (Å²) in [6.07, 6.45) is 1.24. The maximum atomic E-state index is 13.5. The van der Waals surface area contributed by atoms with Crippen molar-refractivity contribution in [1.82, 2.24) is 20.3 Å². The minimum absolute atomic E-state index is 0.0564. The third-order valence-corrected chi connectivity index (χ3v) is 3.85. The number of nitrogens with one attached hydrogen (secondary N) is 2. The fraction of sp³-hybridized carbons (Fsp3) is 0.250. The minimum Gasteiger partial charge on any atom is -0.382 e. The smallest absolute Gasteiger partial charge is 0.253 e. The van der Waals surface area contributed by atoms with E-state index in [4.69, 9.17) is 5.73 Å². The van der Waals surface area contributed by atoms with E-state index >= 15 is 0 Å². The number of carbonyl (C=O) groups is 1. The topological polar surface area (TPSA) is 130 Å². The maximum absolute atomic E-state index is 13.5. The van der Waals surface area contributed by atoms with Crippen LogP contribution in [0.4, 0.5) is 16.0 Å². The number of amides is 1. The molecule has 9 heteroatoms. The van der Waals surface area contributed by atoms with Gasteiger partial charge in [-0.15, -0.1) is 0 Å². The van der Waals surface area contributed by atoms with E-state index in [1.165, 1.54) is 18.5 Å². The van der Waals surface area contributed by atoms with Gasteiger partial charge in [-0.2, -0.15) is 5.26 Å². The molecule has 2 heterocycles. The Bertz CT molecular complexity index is 1060. The van der Waals surface area contributed by atoms with Gasteiger partial charge >= 0.3 is 0 Å². The first-order valence-corrected chi connectivity index (χ1v) is 9.15. The van der Waals surface area contributed by atoms with Crippen LogP contribution in [0.25, 0.3) is 10.9 Å². The number of nitrogen functional groups attached to an aromatic ring is 1. The molecule has 0 unspecified atom stereocenters. The number of halogens is 1. The zero-order valence-corrected chi connectivity index (χ0v) is 16.5. The number of pyridine rings is 1. The standard InChI is InChI=1S/C18H16FN7O.C2H6/c1-2-22-18(27)12-6-10-5-11(19)3-4-14(10)26-15(12)8-23-17-13(7-20)16(21)24-9-25-17;1-2/h3-6,9H,2,8H2,1H3,(H,22,27)(H3,21,23,24,25);1-2H3. The van der Waals surface area contributed by atoms with Crippen LogP contribution in [0, 0.1) is 17.1 Å². The second-order valence-electron chi connectivity index (χ2n) is 5.63. The zero-order valence-electron chi connectivity index (χ0n) is 16.5. The van der Waals surface area contributed by atoms with Crippen molar-refractivity contribution in [3.63, 3.8) is 0 Å². The van der Waals surface area contributed by atoms with Crippen LogP contribution in [-0.4, -0.2) is 27.4 Å². The molecule has 3 aromatic rings. The summed E-state index contributed by atoms with van der Waals surface area (Å²) in [4.78, 5) is 24.7. The molecule has 1 aromatic carbocycles. The SMILES string of the molecule is CC.CCNC(=O)c1cc2cc(F)ccc2nc1CNc1ncnc(N)c1C#N. The first kappa shape index (κ1) is 21.5. The van der Waals surface area contributed by atoms with Crippen LogP contribution in [-0.2, 0) is 6.54 Å². The number of hydrogen-bond donors (Lipinski definition) is 3. The second kappa shape index (κ2) is 9.94. The number of benzene rings is 1. The number of rotatable bonds is 5. The molecule has 0 radical (unpaired) electrons. The Balaban J connectivity index is 0.00000145. The molecule has 0 saturated heterocycles. The van der Waals surface area contributed by atoms with E-state index in [-0.39, 0.29) is 29.7 Å². The van der Waals surface area contributed by atoms with Crippen LogP contribution in [0.3, 0.4) is 0 Å². The number of aromatic nitrogens is 3. The minimum atomic E-state index is -0.410. The van der Waals surface area contributed by atoms with Crippen molar-refractivity contribution in [2.24, 2.45) is 0 Å². The molecule has 150 valence electrons. The van der Waals surface area contributed by atoms with Crippen molar-refractivity contribution in [2.75, 3.05) is 17.6 Å². The monoisotopic (exact) mass is 395 g/mol. The lowest BCUT2D eigenvalue weighted by Crippen LogP contribution is -2.25. The lowest BCUT2D eigenvalue weighted by Gasteiger charge is -2.12. The van der Waals surface area contributed by atoms with Gasteiger partial charge in [-0.25, -0.2) is 14.4 Å². The molecule has 0 aliphatic heterocycles. The van der Waals surface area contributed by atoms with Gasteiger partial charge in [0.2, 0.25) is 0 Å². The summed E-state index contributed by atoms with van der Waals surface area (Å²) in [5.41, 5.74) is 7.07. The molecular weight excluding hydrogens is 373 g/mol. The summed E-state index contributed by atoms with van der Waals surface area (Å²) in [6, 6.07) is 7.69. The molecule has 0 atom stereocenters. The Labute approximate surface area is 168 Å². The molecule has 2 aromatic heterocycles. The number of anilines is 2. The van der Waals surface area contributed by atoms with Gasteiger partial charge in [0.25, 0.3) is 5.91 Å². The van der Waals surface area contributed by atoms with Gasteiger partial charge in [-0.05, 0) is 31.2 Å². The molecule has 4 N–H and O–H groups in total. The lowest BCUT2D eigenvalue weighted by molar-refractivity contribution is 0.0954. The number of carbonyl (C=O) groups excluding carboxylic acids is 1. The first-order chi connectivity index (χ1) is 14.0. The van der Waals surface area contributed by atoms with E-state index in [9.17, 15) is 14.4 Å². The van der Waals surface area contributed by atoms with E-state index in [2.05, 4.69) is 25.6 Å². The van der Waals surface area contributed by atoms with Crippen molar-refractivity contribution < 1.29 is 9.18 Å². The van der Waals surface area contributed by atoms with Crippen LogP contribution in [0.1, 0.15) is 42.4 Å². The molecule has 0 fully saturated rings. The highest BCUT2D eigenvalue weighted by Crippen LogP contribution is 2.21. The number of hydrogen-bond acceptors (Lipinski definition) is 7. The third kappa shape index (κ3) is 4.93. The normalized spacial score (nSPS) is 9.90. The number of nitrogens with two attached hydrogens (primary N) is 1. The van der Waals surface area contributed by atoms with Gasteiger partial charge in [0.05, 0.1) is 23.3 Å². The predicted octanol–water partition coefficient (Wildman–Crippen LogP) is 3.01. The molecule has 1 amide bonds. The van der Waals surface area contributed by atoms with Crippen LogP contribution >= 0.6 is 0 Å². The predicted molar refractivity (Wildman–Crippen MR) is 110 cm³/mol. The van der Waals surface area contributed by atoms with Crippen molar-refractivity contribution in [3.05, 3.63) is 53.2 Å². The molecule has 8 nitrogen and oxygen atoms in total. The third-order valence-electron chi connectivity index (χ3n) is 3.85. The summed E-state index contributed by atoms with van der Waals surface area (Å²) < 4.78 is 13.5. The van der Waals surface area contributed by atoms with Crippen LogP contribution in [0.2, 0.25) is 0 Å². The molecule has 0 aliphatic rings. The van der Waals surface area contributed by atoms with E-state index in [0.29, 0.717) is 28.7 Å². The highest BCUT2D eigenvalue weighted by molar-refractivity contribution is 5.98. The molecule has 29 heavy (non-hydrogen) atoms. The Morgan fingerprint density at radius 1 is 1.28 bits per heavy atom. The van der Waals surface area contributed by atoms with Crippen molar-refractivity contribution >= 4 is 28.4 Å². The average molecular weight is 395 g/mol. The number of nitriles is 1. The van der Waals surface area contributed by atoms with Crippen molar-refractivity contribution in [3.8, 4) is 6.07 Å². The highest BCUT2D eigenvalue weighted by Gasteiger charge is 2.16. The lowest BCUT2D eigenvalue weighted by atomic mass is 10.1. The summed E-state index contributed by atoms with van der Waals surface area (Å²) in [6.45, 7) is 6.35. The molecule has 3 rings (SSSR count). The second-order valence-corrected chi connectivity index (χ2v) is 5.63. The van der Waals surface area contributed by atoms with Crippen molar-refractivity contribution in [1.29, 1.82) is 5.26 Å². The Morgan fingerprint density at radius 3 is 2.72 bits per heavy atom. The number of nitrogens with zero attached hydrogens (tertiary/aromatic N) is 4. The first-order valence-electron chi connectivity index (χ1n) is 9.15. The van der Waals surface area contributed by atoms with Crippen LogP contribution < -0.4 is 16.4 Å². The molecule has 0 spiro atoms. The Hall–Kier alpha value is -3.80. The van der Waals surface area contributed by atoms with Crippen LogP contribution in [0.5, 0.6) is 0 Å². The number of fused-ring (bicyclic) bond motifs is 1. The van der Waals surface area contributed by atoms with Gasteiger partial charge < -0.3 is 16.4 Å². The Kier molecular flexibility index (Phi) is 7.37. The zero-order chi connectivity index (χ0) is 21.4. The van der Waals surface area contributed by atoms with Gasteiger partial charge in [-0.1, -0.05) is 13.8 Å². The average Bonchev–Trinajstić information content (AvgIpc) is 2.73. The molecular formula is C20H22FN7O. The maximum Gasteiger partial charge on any atom is 0.253 e. The quantitative estimate of drug-likeness (QED) is 0.605. The Morgan fingerprint density at radius 2 is 2.03 bits per heavy atom. The highest BCUT2D eigenvalue weighted by atomic mass is 19.1. The van der Waals surface area contributed by atoms with Crippen molar-refractivity contribution in [2.45, 2.75) is 27.3 Å². The van der Waals surface area contributed by atoms with E-state index in [0.717, 1.165) is 0 Å². The largest absolute Gasteiger partial charge is 0.382 e. The van der Waals surface area contributed by atoms with Gasteiger partial charge in [0.1, 0.15) is 35.4 Å².